The molecule has 6 nitrogen and oxygen atoms in total. The van der Waals surface area contributed by atoms with Crippen LogP contribution < -0.4 is 9.47 Å². The summed E-state index contributed by atoms with van der Waals surface area (Å²) in [6.07, 6.45) is 3.92. The molecule has 29 heavy (non-hydrogen) atoms. The Balaban J connectivity index is 1.76. The van der Waals surface area contributed by atoms with E-state index in [-0.39, 0.29) is 11.2 Å². The molecule has 1 unspecified atom stereocenters. The van der Waals surface area contributed by atoms with Crippen LogP contribution in [0.1, 0.15) is 11.1 Å². The molecule has 1 aliphatic heterocycles. The third-order valence-corrected chi connectivity index (χ3v) is 5.56. The summed E-state index contributed by atoms with van der Waals surface area (Å²) in [6, 6.07) is 15.3. The number of ether oxygens (including phenoxy) is 2. The smallest absolute Gasteiger partial charge is 0.242 e. The van der Waals surface area contributed by atoms with E-state index in [0.29, 0.717) is 23.9 Å². The summed E-state index contributed by atoms with van der Waals surface area (Å²) >= 11 is 1.42. The van der Waals surface area contributed by atoms with Crippen molar-refractivity contribution in [1.82, 2.24) is 4.90 Å². The van der Waals surface area contributed by atoms with Gasteiger partial charge in [0.05, 0.1) is 25.7 Å². The average Bonchev–Trinajstić information content (AvgIpc) is 3.04. The maximum Gasteiger partial charge on any atom is 0.242 e. The lowest BCUT2D eigenvalue weighted by Gasteiger charge is -2.13. The summed E-state index contributed by atoms with van der Waals surface area (Å²) in [5.74, 6) is 1.52. The Morgan fingerprint density at radius 3 is 2.59 bits per heavy atom. The van der Waals surface area contributed by atoms with Crippen LogP contribution in [0.2, 0.25) is 0 Å². The van der Waals surface area contributed by atoms with E-state index in [0.717, 1.165) is 16.9 Å². The SMILES string of the molecule is C=CCN1C(=O)C(Cc2ccc(OC)cc2)S/C1=N\N=C/c1ccccc1OC. The maximum absolute atomic E-state index is 12.8. The van der Waals surface area contributed by atoms with E-state index in [1.54, 1.807) is 31.4 Å². The highest BCUT2D eigenvalue weighted by atomic mass is 32.2. The highest BCUT2D eigenvalue weighted by molar-refractivity contribution is 8.15. The van der Waals surface area contributed by atoms with Crippen LogP contribution in [0.15, 0.2) is 71.4 Å². The van der Waals surface area contributed by atoms with Crippen LogP contribution in [0.4, 0.5) is 0 Å². The lowest BCUT2D eigenvalue weighted by atomic mass is 10.1. The molecule has 1 atom stereocenters. The van der Waals surface area contributed by atoms with Gasteiger partial charge in [-0.1, -0.05) is 42.1 Å². The standard InChI is InChI=1S/C22H23N3O3S/c1-4-13-25-21(26)20(14-16-9-11-18(27-2)12-10-16)29-22(25)24-23-15-17-7-5-6-8-19(17)28-3/h4-12,15,20H,1,13-14H2,2-3H3/b23-15-,24-22-. The van der Waals surface area contributed by atoms with E-state index in [4.69, 9.17) is 9.47 Å². The third-order valence-electron chi connectivity index (χ3n) is 4.39. The maximum atomic E-state index is 12.8. The Labute approximate surface area is 174 Å². The Bertz CT molecular complexity index is 925. The zero-order valence-corrected chi connectivity index (χ0v) is 17.3. The highest BCUT2D eigenvalue weighted by Crippen LogP contribution is 2.30. The monoisotopic (exact) mass is 409 g/mol. The van der Waals surface area contributed by atoms with Crippen LogP contribution >= 0.6 is 11.8 Å². The number of amides is 1. The second kappa shape index (κ2) is 9.93. The summed E-state index contributed by atoms with van der Waals surface area (Å²) in [6.45, 7) is 4.14. The molecule has 0 aromatic heterocycles. The van der Waals surface area contributed by atoms with Gasteiger partial charge in [-0.25, -0.2) is 0 Å². The van der Waals surface area contributed by atoms with Gasteiger partial charge >= 0.3 is 0 Å². The summed E-state index contributed by atoms with van der Waals surface area (Å²) in [4.78, 5) is 14.5. The predicted octanol–water partition coefficient (Wildman–Crippen LogP) is 3.77. The minimum Gasteiger partial charge on any atom is -0.497 e. The van der Waals surface area contributed by atoms with Gasteiger partial charge < -0.3 is 9.47 Å². The molecule has 3 rings (SSSR count). The average molecular weight is 410 g/mol. The van der Waals surface area contributed by atoms with Crippen LogP contribution in [0.3, 0.4) is 0 Å². The lowest BCUT2D eigenvalue weighted by molar-refractivity contribution is -0.125. The molecule has 1 aliphatic rings. The number of hydrogen-bond acceptors (Lipinski definition) is 6. The lowest BCUT2D eigenvalue weighted by Crippen LogP contribution is -2.32. The van der Waals surface area contributed by atoms with E-state index < -0.39 is 0 Å². The fourth-order valence-electron chi connectivity index (χ4n) is 2.90. The van der Waals surface area contributed by atoms with Crippen molar-refractivity contribution in [2.24, 2.45) is 10.2 Å². The van der Waals surface area contributed by atoms with E-state index in [1.807, 2.05) is 48.5 Å². The van der Waals surface area contributed by atoms with Crippen LogP contribution in [0, 0.1) is 0 Å². The fourth-order valence-corrected chi connectivity index (χ4v) is 4.05. The van der Waals surface area contributed by atoms with Crippen molar-refractivity contribution >= 4 is 29.1 Å². The Morgan fingerprint density at radius 1 is 1.14 bits per heavy atom. The molecule has 7 heteroatoms. The van der Waals surface area contributed by atoms with Crippen molar-refractivity contribution in [3.05, 3.63) is 72.3 Å². The molecule has 1 amide bonds. The number of carbonyl (C=O) groups excluding carboxylic acids is 1. The number of benzene rings is 2. The first-order valence-electron chi connectivity index (χ1n) is 9.12. The first-order valence-corrected chi connectivity index (χ1v) is 10.00. The number of amidine groups is 1. The van der Waals surface area contributed by atoms with Crippen molar-refractivity contribution < 1.29 is 14.3 Å². The molecular weight excluding hydrogens is 386 g/mol. The number of carbonyl (C=O) groups is 1. The van der Waals surface area contributed by atoms with E-state index in [9.17, 15) is 4.79 Å². The van der Waals surface area contributed by atoms with Gasteiger partial charge in [0.1, 0.15) is 11.5 Å². The molecule has 0 aliphatic carbocycles. The normalized spacial score (nSPS) is 17.9. The summed E-state index contributed by atoms with van der Waals surface area (Å²) < 4.78 is 10.5. The minimum atomic E-state index is -0.247. The summed E-state index contributed by atoms with van der Waals surface area (Å²) in [5.41, 5.74) is 1.88. The number of thioether (sulfide) groups is 1. The van der Waals surface area contributed by atoms with Gasteiger partial charge in [-0.2, -0.15) is 5.10 Å². The zero-order valence-electron chi connectivity index (χ0n) is 16.4. The van der Waals surface area contributed by atoms with Crippen molar-refractivity contribution in [2.75, 3.05) is 20.8 Å². The first kappa shape index (κ1) is 20.7. The number of methoxy groups -OCH3 is 2. The van der Waals surface area contributed by atoms with Gasteiger partial charge in [-0.05, 0) is 36.2 Å². The summed E-state index contributed by atoms with van der Waals surface area (Å²) in [5, 5.41) is 8.80. The Morgan fingerprint density at radius 2 is 1.90 bits per heavy atom. The van der Waals surface area contributed by atoms with E-state index >= 15 is 0 Å². The molecule has 150 valence electrons. The van der Waals surface area contributed by atoms with Crippen molar-refractivity contribution in [3.8, 4) is 11.5 Å². The summed E-state index contributed by atoms with van der Waals surface area (Å²) in [7, 11) is 3.24. The van der Waals surface area contributed by atoms with Crippen molar-refractivity contribution in [3.63, 3.8) is 0 Å². The topological polar surface area (TPSA) is 63.5 Å². The van der Waals surface area contributed by atoms with Gasteiger partial charge in [0, 0.05) is 12.1 Å². The minimum absolute atomic E-state index is 0.0111. The number of para-hydroxylation sites is 1. The molecule has 0 N–H and O–H groups in total. The quantitative estimate of drug-likeness (QED) is 0.378. The Hall–Kier alpha value is -3.06. The molecule has 0 radical (unpaired) electrons. The predicted molar refractivity (Wildman–Crippen MR) is 118 cm³/mol. The first-order chi connectivity index (χ1) is 14.2. The number of rotatable bonds is 8. The second-order valence-corrected chi connectivity index (χ2v) is 7.44. The third kappa shape index (κ3) is 5.06. The molecule has 0 spiro atoms. The van der Waals surface area contributed by atoms with Crippen molar-refractivity contribution in [1.29, 1.82) is 0 Å². The fraction of sp³-hybridized carbons (Fsp3) is 0.227. The molecule has 2 aromatic carbocycles. The van der Waals surface area contributed by atoms with Crippen LogP contribution in [0.25, 0.3) is 0 Å². The van der Waals surface area contributed by atoms with Gasteiger partial charge in [0.2, 0.25) is 5.91 Å². The van der Waals surface area contributed by atoms with Crippen LogP contribution in [0.5, 0.6) is 11.5 Å². The van der Waals surface area contributed by atoms with Gasteiger partial charge in [-0.15, -0.1) is 11.7 Å². The molecule has 0 bridgehead atoms. The zero-order chi connectivity index (χ0) is 20.6. The molecule has 1 saturated heterocycles. The highest BCUT2D eigenvalue weighted by Gasteiger charge is 2.37. The molecule has 0 saturated carbocycles. The van der Waals surface area contributed by atoms with Gasteiger partial charge in [0.15, 0.2) is 5.17 Å². The van der Waals surface area contributed by atoms with Gasteiger partial charge in [-0.3, -0.25) is 9.69 Å². The van der Waals surface area contributed by atoms with Crippen LogP contribution in [-0.2, 0) is 11.2 Å². The molecule has 2 aromatic rings. The number of nitrogens with zero attached hydrogens (tertiary/aromatic N) is 3. The molecule has 1 fully saturated rings. The number of hydrogen-bond donors (Lipinski definition) is 0. The largest absolute Gasteiger partial charge is 0.497 e. The second-order valence-electron chi connectivity index (χ2n) is 6.27. The molecular formula is C22H23N3O3S. The van der Waals surface area contributed by atoms with E-state index in [2.05, 4.69) is 16.8 Å². The van der Waals surface area contributed by atoms with E-state index in [1.165, 1.54) is 11.8 Å². The Kier molecular flexibility index (Phi) is 7.08. The van der Waals surface area contributed by atoms with Crippen LogP contribution in [-0.4, -0.2) is 48.2 Å². The molecule has 1 heterocycles. The van der Waals surface area contributed by atoms with Gasteiger partial charge in [0.25, 0.3) is 0 Å². The van der Waals surface area contributed by atoms with Crippen molar-refractivity contribution in [2.45, 2.75) is 11.7 Å².